The summed E-state index contributed by atoms with van der Waals surface area (Å²) in [5.74, 6) is 0. The van der Waals surface area contributed by atoms with Crippen molar-refractivity contribution in [1.29, 1.82) is 0 Å². The molecule has 0 bridgehead atoms. The topological polar surface area (TPSA) is 21.3 Å². The van der Waals surface area contributed by atoms with Gasteiger partial charge in [-0.05, 0) is 53.7 Å². The molecule has 1 aromatic heterocycles. The van der Waals surface area contributed by atoms with Crippen LogP contribution in [0, 0.1) is 0 Å². The maximum Gasteiger partial charge on any atom is 0.0594 e. The highest BCUT2D eigenvalue weighted by Gasteiger charge is 2.22. The van der Waals surface area contributed by atoms with Crippen LogP contribution in [0.3, 0.4) is 0 Å². The minimum atomic E-state index is 0.419. The van der Waals surface area contributed by atoms with Crippen LogP contribution in [0.1, 0.15) is 30.2 Å². The van der Waals surface area contributed by atoms with Crippen LogP contribution in [-0.4, -0.2) is 19.8 Å². The molecule has 2 rings (SSSR count). The van der Waals surface area contributed by atoms with Crippen LogP contribution in [0.4, 0.5) is 0 Å². The van der Waals surface area contributed by atoms with Crippen LogP contribution in [0.15, 0.2) is 15.9 Å². The zero-order valence-corrected chi connectivity index (χ0v) is 11.2. The summed E-state index contributed by atoms with van der Waals surface area (Å²) in [6.45, 7) is 0.937. The molecule has 0 radical (unpaired) electrons. The molecule has 1 aromatic rings. The monoisotopic (exact) mass is 289 g/mol. The number of thiophene rings is 1. The Morgan fingerprint density at radius 2 is 2.60 bits per heavy atom. The third kappa shape index (κ3) is 2.81. The third-order valence-electron chi connectivity index (χ3n) is 2.83. The quantitative estimate of drug-likeness (QED) is 0.918. The van der Waals surface area contributed by atoms with E-state index < -0.39 is 0 Å². The predicted octanol–water partition coefficient (Wildman–Crippen LogP) is 3.34. The standard InChI is InChI=1S/C11H16BrNOS/c1-13-10(7-8-3-2-5-14-8)11-9(12)4-6-15-11/h4,6,8,10,13H,2-3,5,7H2,1H3. The molecule has 0 aromatic carbocycles. The molecular formula is C11H16BrNOS. The van der Waals surface area contributed by atoms with Crippen LogP contribution in [0.25, 0.3) is 0 Å². The second-order valence-electron chi connectivity index (χ2n) is 3.84. The Hall–Kier alpha value is 0.100. The van der Waals surface area contributed by atoms with Gasteiger partial charge in [-0.15, -0.1) is 11.3 Å². The molecule has 1 saturated heterocycles. The van der Waals surface area contributed by atoms with Gasteiger partial charge in [0.25, 0.3) is 0 Å². The van der Waals surface area contributed by atoms with E-state index in [9.17, 15) is 0 Å². The van der Waals surface area contributed by atoms with E-state index in [1.807, 2.05) is 7.05 Å². The highest BCUT2D eigenvalue weighted by atomic mass is 79.9. The van der Waals surface area contributed by atoms with Gasteiger partial charge in [0, 0.05) is 22.0 Å². The normalized spacial score (nSPS) is 23.2. The average molecular weight is 290 g/mol. The van der Waals surface area contributed by atoms with Gasteiger partial charge < -0.3 is 10.1 Å². The number of ether oxygens (including phenoxy) is 1. The number of nitrogens with one attached hydrogen (secondary N) is 1. The maximum absolute atomic E-state index is 5.67. The summed E-state index contributed by atoms with van der Waals surface area (Å²) in [4.78, 5) is 1.38. The molecule has 2 atom stereocenters. The fourth-order valence-electron chi connectivity index (χ4n) is 2.00. The number of rotatable bonds is 4. The summed E-state index contributed by atoms with van der Waals surface area (Å²) in [6.07, 6.45) is 3.94. The molecule has 2 heterocycles. The molecule has 2 unspecified atom stereocenters. The second-order valence-corrected chi connectivity index (χ2v) is 5.65. The Labute approximate surface area is 103 Å². The van der Waals surface area contributed by atoms with Crippen molar-refractivity contribution < 1.29 is 4.74 Å². The van der Waals surface area contributed by atoms with Gasteiger partial charge >= 0.3 is 0 Å². The zero-order chi connectivity index (χ0) is 10.7. The molecule has 0 saturated carbocycles. The van der Waals surface area contributed by atoms with Gasteiger partial charge in [-0.2, -0.15) is 0 Å². The zero-order valence-electron chi connectivity index (χ0n) is 8.83. The summed E-state index contributed by atoms with van der Waals surface area (Å²) >= 11 is 5.39. The second kappa shape index (κ2) is 5.43. The first-order chi connectivity index (χ1) is 7.31. The molecule has 84 valence electrons. The molecule has 1 N–H and O–H groups in total. The van der Waals surface area contributed by atoms with Crippen molar-refractivity contribution in [3.63, 3.8) is 0 Å². The molecule has 15 heavy (non-hydrogen) atoms. The Balaban J connectivity index is 2.00. The Kier molecular flexibility index (Phi) is 4.20. The van der Waals surface area contributed by atoms with Crippen molar-refractivity contribution in [2.24, 2.45) is 0 Å². The highest BCUT2D eigenvalue weighted by Crippen LogP contribution is 2.33. The summed E-state index contributed by atoms with van der Waals surface area (Å²) in [5, 5.41) is 5.50. The fraction of sp³-hybridized carbons (Fsp3) is 0.636. The summed E-state index contributed by atoms with van der Waals surface area (Å²) in [6, 6.07) is 2.53. The van der Waals surface area contributed by atoms with Crippen molar-refractivity contribution in [1.82, 2.24) is 5.32 Å². The van der Waals surface area contributed by atoms with E-state index in [-0.39, 0.29) is 0 Å². The first-order valence-electron chi connectivity index (χ1n) is 5.33. The van der Waals surface area contributed by atoms with Crippen LogP contribution in [-0.2, 0) is 4.74 Å². The van der Waals surface area contributed by atoms with Gasteiger partial charge in [0.2, 0.25) is 0 Å². The first-order valence-corrected chi connectivity index (χ1v) is 7.00. The van der Waals surface area contributed by atoms with Gasteiger partial charge in [0.15, 0.2) is 0 Å². The lowest BCUT2D eigenvalue weighted by Gasteiger charge is -2.19. The van der Waals surface area contributed by atoms with Gasteiger partial charge in [0.05, 0.1) is 6.10 Å². The van der Waals surface area contributed by atoms with Crippen LogP contribution < -0.4 is 5.32 Å². The van der Waals surface area contributed by atoms with Crippen molar-refractivity contribution >= 4 is 27.3 Å². The lowest BCUT2D eigenvalue weighted by atomic mass is 10.1. The molecule has 0 amide bonds. The third-order valence-corrected chi connectivity index (χ3v) is 4.82. The molecule has 4 heteroatoms. The molecule has 1 aliphatic rings. The van der Waals surface area contributed by atoms with Crippen molar-refractivity contribution in [3.8, 4) is 0 Å². The lowest BCUT2D eigenvalue weighted by Crippen LogP contribution is -2.21. The van der Waals surface area contributed by atoms with Crippen molar-refractivity contribution in [2.75, 3.05) is 13.7 Å². The van der Waals surface area contributed by atoms with Gasteiger partial charge in [-0.3, -0.25) is 0 Å². The van der Waals surface area contributed by atoms with E-state index in [0.29, 0.717) is 12.1 Å². The lowest BCUT2D eigenvalue weighted by molar-refractivity contribution is 0.0957. The average Bonchev–Trinajstić information content (AvgIpc) is 2.85. The van der Waals surface area contributed by atoms with E-state index in [1.165, 1.54) is 22.2 Å². The van der Waals surface area contributed by atoms with Gasteiger partial charge in [-0.25, -0.2) is 0 Å². The minimum absolute atomic E-state index is 0.419. The number of halogens is 1. The smallest absolute Gasteiger partial charge is 0.0594 e. The number of hydrogen-bond acceptors (Lipinski definition) is 3. The largest absolute Gasteiger partial charge is 0.378 e. The summed E-state index contributed by atoms with van der Waals surface area (Å²) in [5.41, 5.74) is 0. The Morgan fingerprint density at radius 1 is 1.73 bits per heavy atom. The molecule has 2 nitrogen and oxygen atoms in total. The van der Waals surface area contributed by atoms with Crippen molar-refractivity contribution in [3.05, 3.63) is 20.8 Å². The molecular weight excluding hydrogens is 274 g/mol. The van der Waals surface area contributed by atoms with Gasteiger partial charge in [0.1, 0.15) is 0 Å². The van der Waals surface area contributed by atoms with Gasteiger partial charge in [-0.1, -0.05) is 0 Å². The van der Waals surface area contributed by atoms with Crippen LogP contribution >= 0.6 is 27.3 Å². The van der Waals surface area contributed by atoms with E-state index >= 15 is 0 Å². The molecule has 1 aliphatic heterocycles. The predicted molar refractivity (Wildman–Crippen MR) is 67.4 cm³/mol. The fourth-order valence-corrected chi connectivity index (χ4v) is 3.78. The Bertz CT molecular complexity index is 309. The summed E-state index contributed by atoms with van der Waals surface area (Å²) < 4.78 is 6.89. The van der Waals surface area contributed by atoms with E-state index in [0.717, 1.165) is 13.0 Å². The number of hydrogen-bond donors (Lipinski definition) is 1. The SMILES string of the molecule is CNC(CC1CCCO1)c1sccc1Br. The van der Waals surface area contributed by atoms with Crippen LogP contribution in [0.5, 0.6) is 0 Å². The van der Waals surface area contributed by atoms with E-state index in [1.54, 1.807) is 11.3 Å². The molecule has 0 spiro atoms. The Morgan fingerprint density at radius 3 is 3.13 bits per heavy atom. The summed E-state index contributed by atoms with van der Waals surface area (Å²) in [7, 11) is 2.02. The molecule has 1 fully saturated rings. The van der Waals surface area contributed by atoms with E-state index in [4.69, 9.17) is 4.74 Å². The van der Waals surface area contributed by atoms with Crippen molar-refractivity contribution in [2.45, 2.75) is 31.4 Å². The van der Waals surface area contributed by atoms with E-state index in [2.05, 4.69) is 32.7 Å². The molecule has 0 aliphatic carbocycles. The first kappa shape index (κ1) is 11.6. The van der Waals surface area contributed by atoms with Crippen LogP contribution in [0.2, 0.25) is 0 Å². The minimum Gasteiger partial charge on any atom is -0.378 e. The highest BCUT2D eigenvalue weighted by molar-refractivity contribution is 9.10. The maximum atomic E-state index is 5.67.